The Morgan fingerprint density at radius 1 is 1.19 bits per heavy atom. The van der Waals surface area contributed by atoms with Gasteiger partial charge in [0.15, 0.2) is 0 Å². The third-order valence-electron chi connectivity index (χ3n) is 5.21. The first kappa shape index (κ1) is 20.1. The Morgan fingerprint density at radius 3 is 2.58 bits per heavy atom. The van der Waals surface area contributed by atoms with Crippen molar-refractivity contribution >= 4 is 17.6 Å². The Morgan fingerprint density at radius 2 is 1.94 bits per heavy atom. The normalized spacial score (nSPS) is 12.7. The minimum Gasteiger partial charge on any atom is -0.365 e. The molecule has 0 bridgehead atoms. The Labute approximate surface area is 177 Å². The van der Waals surface area contributed by atoms with Crippen LogP contribution in [0, 0.1) is 24.1 Å². The first-order valence-electron chi connectivity index (χ1n) is 9.59. The van der Waals surface area contributed by atoms with E-state index < -0.39 is 5.91 Å². The third kappa shape index (κ3) is 3.83. The molecule has 0 aliphatic carbocycles. The van der Waals surface area contributed by atoms with Crippen LogP contribution in [0.5, 0.6) is 0 Å². The van der Waals surface area contributed by atoms with Gasteiger partial charge in [0.05, 0.1) is 36.0 Å². The molecule has 3 aromatic rings. The molecule has 0 saturated carbocycles. The summed E-state index contributed by atoms with van der Waals surface area (Å²) >= 11 is 0. The van der Waals surface area contributed by atoms with E-state index in [0.717, 1.165) is 0 Å². The van der Waals surface area contributed by atoms with E-state index in [1.807, 2.05) is 6.07 Å². The molecule has 3 N–H and O–H groups in total. The third-order valence-corrected chi connectivity index (χ3v) is 5.21. The highest BCUT2D eigenvalue weighted by Crippen LogP contribution is 2.29. The van der Waals surface area contributed by atoms with Gasteiger partial charge < -0.3 is 16.0 Å². The number of aryl methyl sites for hydroxylation is 1. The van der Waals surface area contributed by atoms with Gasteiger partial charge in [-0.1, -0.05) is 0 Å². The largest absolute Gasteiger partial charge is 0.365 e. The molecule has 0 radical (unpaired) electrons. The lowest BCUT2D eigenvalue weighted by molar-refractivity contribution is 0.0997. The molecular weight excluding hydrogens is 399 g/mol. The number of rotatable bonds is 3. The fraction of sp³-hybridized carbons (Fsp3) is 0.182. The molecule has 4 rings (SSSR count). The molecule has 0 atom stereocenters. The number of benzene rings is 2. The van der Waals surface area contributed by atoms with Crippen LogP contribution in [-0.2, 0) is 13.1 Å². The molecule has 31 heavy (non-hydrogen) atoms. The quantitative estimate of drug-likeness (QED) is 0.680. The highest BCUT2D eigenvalue weighted by molar-refractivity contribution is 6.00. The van der Waals surface area contributed by atoms with Gasteiger partial charge in [0.2, 0.25) is 0 Å². The fourth-order valence-electron chi connectivity index (χ4n) is 3.57. The summed E-state index contributed by atoms with van der Waals surface area (Å²) in [5.74, 6) is -1.01. The van der Waals surface area contributed by atoms with Gasteiger partial charge in [-0.05, 0) is 55.0 Å². The van der Waals surface area contributed by atoms with Crippen LogP contribution in [0.25, 0.3) is 11.3 Å². The number of nitrogens with one attached hydrogen (secondary N) is 1. The number of urea groups is 1. The van der Waals surface area contributed by atoms with Gasteiger partial charge in [0.1, 0.15) is 11.5 Å². The van der Waals surface area contributed by atoms with Crippen molar-refractivity contribution < 1.29 is 14.0 Å². The molecule has 2 heterocycles. The SMILES string of the molecule is Cc1cc(-c2nn3c(c2C(N)=O)CN(C(=O)Nc2ccc(C#N)cc2)CC3)ccc1F. The lowest BCUT2D eigenvalue weighted by Crippen LogP contribution is -2.41. The number of primary amides is 1. The maximum Gasteiger partial charge on any atom is 0.322 e. The van der Waals surface area contributed by atoms with E-state index in [4.69, 9.17) is 11.0 Å². The van der Waals surface area contributed by atoms with Crippen LogP contribution in [0.2, 0.25) is 0 Å². The maximum absolute atomic E-state index is 13.7. The molecule has 1 aromatic heterocycles. The lowest BCUT2D eigenvalue weighted by atomic mass is 10.0. The number of anilines is 1. The van der Waals surface area contributed by atoms with Crippen molar-refractivity contribution in [2.75, 3.05) is 11.9 Å². The van der Waals surface area contributed by atoms with Crippen molar-refractivity contribution in [3.63, 3.8) is 0 Å². The minimum atomic E-state index is -0.660. The van der Waals surface area contributed by atoms with E-state index in [2.05, 4.69) is 10.4 Å². The van der Waals surface area contributed by atoms with E-state index in [0.29, 0.717) is 46.9 Å². The van der Waals surface area contributed by atoms with Gasteiger partial charge in [0, 0.05) is 17.8 Å². The standard InChI is InChI=1S/C22H19FN6O2/c1-13-10-15(4-7-17(13)23)20-19(21(25)30)18-12-28(8-9-29(18)27-20)22(31)26-16-5-2-14(11-24)3-6-16/h2-7,10H,8-9,12H2,1H3,(H2,25,30)(H,26,31). The van der Waals surface area contributed by atoms with Gasteiger partial charge in [-0.25, -0.2) is 9.18 Å². The van der Waals surface area contributed by atoms with Crippen LogP contribution in [0.15, 0.2) is 42.5 Å². The average Bonchev–Trinajstić information content (AvgIpc) is 3.15. The van der Waals surface area contributed by atoms with Gasteiger partial charge in [-0.15, -0.1) is 0 Å². The summed E-state index contributed by atoms with van der Waals surface area (Å²) in [7, 11) is 0. The molecule has 0 unspecified atom stereocenters. The van der Waals surface area contributed by atoms with E-state index in [-0.39, 0.29) is 24.0 Å². The zero-order chi connectivity index (χ0) is 22.1. The van der Waals surface area contributed by atoms with Gasteiger partial charge >= 0.3 is 6.03 Å². The second-order valence-electron chi connectivity index (χ2n) is 7.26. The van der Waals surface area contributed by atoms with Crippen LogP contribution >= 0.6 is 0 Å². The topological polar surface area (TPSA) is 117 Å². The molecule has 0 saturated heterocycles. The van der Waals surface area contributed by atoms with Crippen molar-refractivity contribution in [2.45, 2.75) is 20.0 Å². The number of amides is 3. The van der Waals surface area contributed by atoms with Crippen molar-refractivity contribution in [1.82, 2.24) is 14.7 Å². The Hall–Kier alpha value is -4.19. The van der Waals surface area contributed by atoms with E-state index >= 15 is 0 Å². The summed E-state index contributed by atoms with van der Waals surface area (Å²) in [4.78, 5) is 26.5. The zero-order valence-corrected chi connectivity index (χ0v) is 16.7. The molecular formula is C22H19FN6O2. The number of nitriles is 1. The van der Waals surface area contributed by atoms with Crippen LogP contribution in [0.4, 0.5) is 14.9 Å². The van der Waals surface area contributed by atoms with Gasteiger partial charge in [-0.3, -0.25) is 9.48 Å². The summed E-state index contributed by atoms with van der Waals surface area (Å²) in [5, 5.41) is 16.2. The summed E-state index contributed by atoms with van der Waals surface area (Å²) in [6.45, 7) is 2.55. The highest BCUT2D eigenvalue weighted by Gasteiger charge is 2.29. The predicted molar refractivity (Wildman–Crippen MR) is 111 cm³/mol. The number of carbonyl (C=O) groups excluding carboxylic acids is 2. The average molecular weight is 418 g/mol. The Kier molecular flexibility index (Phi) is 5.13. The number of nitrogens with zero attached hydrogens (tertiary/aromatic N) is 4. The summed E-state index contributed by atoms with van der Waals surface area (Å²) in [6, 6.07) is 12.7. The minimum absolute atomic E-state index is 0.146. The van der Waals surface area contributed by atoms with Crippen molar-refractivity contribution in [3.8, 4) is 17.3 Å². The lowest BCUT2D eigenvalue weighted by Gasteiger charge is -2.28. The molecule has 156 valence electrons. The summed E-state index contributed by atoms with van der Waals surface area (Å²) in [6.07, 6.45) is 0. The number of aromatic nitrogens is 2. The Balaban J connectivity index is 1.61. The predicted octanol–water partition coefficient (Wildman–Crippen LogP) is 3.02. The first-order chi connectivity index (χ1) is 14.9. The van der Waals surface area contributed by atoms with E-state index in [1.165, 1.54) is 6.07 Å². The smallest absolute Gasteiger partial charge is 0.322 e. The molecule has 1 aliphatic rings. The number of halogens is 1. The van der Waals surface area contributed by atoms with Crippen LogP contribution < -0.4 is 11.1 Å². The number of fused-ring (bicyclic) bond motifs is 1. The van der Waals surface area contributed by atoms with E-state index in [9.17, 15) is 14.0 Å². The molecule has 2 aromatic carbocycles. The second-order valence-corrected chi connectivity index (χ2v) is 7.26. The van der Waals surface area contributed by atoms with Crippen LogP contribution in [0.1, 0.15) is 27.2 Å². The van der Waals surface area contributed by atoms with Crippen LogP contribution in [0.3, 0.4) is 0 Å². The number of hydrogen-bond donors (Lipinski definition) is 2. The molecule has 0 spiro atoms. The number of carbonyl (C=O) groups is 2. The first-order valence-corrected chi connectivity index (χ1v) is 9.59. The number of nitrogens with two attached hydrogens (primary N) is 1. The van der Waals surface area contributed by atoms with Crippen molar-refractivity contribution in [1.29, 1.82) is 5.26 Å². The van der Waals surface area contributed by atoms with Crippen molar-refractivity contribution in [3.05, 3.63) is 70.7 Å². The second kappa shape index (κ2) is 7.91. The fourth-order valence-corrected chi connectivity index (χ4v) is 3.57. The van der Waals surface area contributed by atoms with Gasteiger partial charge in [0.25, 0.3) is 5.91 Å². The Bertz CT molecular complexity index is 1230. The van der Waals surface area contributed by atoms with E-state index in [1.54, 1.807) is 52.9 Å². The molecule has 3 amide bonds. The molecule has 8 nitrogen and oxygen atoms in total. The molecule has 9 heteroatoms. The molecule has 0 fully saturated rings. The monoisotopic (exact) mass is 418 g/mol. The molecule has 1 aliphatic heterocycles. The summed E-state index contributed by atoms with van der Waals surface area (Å²) in [5.41, 5.74) is 8.85. The zero-order valence-electron chi connectivity index (χ0n) is 16.7. The summed E-state index contributed by atoms with van der Waals surface area (Å²) < 4.78 is 15.3. The maximum atomic E-state index is 13.7. The van der Waals surface area contributed by atoms with Crippen molar-refractivity contribution in [2.24, 2.45) is 5.73 Å². The van der Waals surface area contributed by atoms with Gasteiger partial charge in [-0.2, -0.15) is 10.4 Å². The number of hydrogen-bond acceptors (Lipinski definition) is 4. The highest BCUT2D eigenvalue weighted by atomic mass is 19.1. The van der Waals surface area contributed by atoms with Crippen LogP contribution in [-0.4, -0.2) is 33.2 Å².